The highest BCUT2D eigenvalue weighted by atomic mass is 35.5. The lowest BCUT2D eigenvalue weighted by Gasteiger charge is -2.11. The molecule has 1 heterocycles. The minimum Gasteiger partial charge on any atom is -0.268 e. The number of benzene rings is 3. The summed E-state index contributed by atoms with van der Waals surface area (Å²) in [6, 6.07) is 18.5. The molecule has 7 heteroatoms. The van der Waals surface area contributed by atoms with Crippen molar-refractivity contribution in [3.05, 3.63) is 105 Å². The van der Waals surface area contributed by atoms with E-state index in [4.69, 9.17) is 11.6 Å². The van der Waals surface area contributed by atoms with Crippen molar-refractivity contribution in [2.24, 2.45) is 0 Å². The number of para-hydroxylation sites is 1. The van der Waals surface area contributed by atoms with Gasteiger partial charge in [0.05, 0.1) is 22.2 Å². The Morgan fingerprint density at radius 2 is 1.63 bits per heavy atom. The number of fused-ring (bicyclic) bond motifs is 1. The predicted octanol–water partition coefficient (Wildman–Crippen LogP) is 6.23. The molecule has 0 unspecified atom stereocenters. The summed E-state index contributed by atoms with van der Waals surface area (Å²) in [5, 5.41) is 0.949. The molecule has 0 bridgehead atoms. The molecule has 4 rings (SSSR count). The molecule has 0 N–H and O–H groups in total. The molecule has 0 saturated carbocycles. The molecule has 0 amide bonds. The fourth-order valence-electron chi connectivity index (χ4n) is 3.09. The zero-order valence-corrected chi connectivity index (χ0v) is 16.2. The standard InChI is InChI=1S/C23H14ClF3N2O/c24-17-9-11-18(12-10-17)29-21(28-20-7-2-1-6-19(20)22(29)30)13-8-15-4-3-5-16(14-15)23(25,26)27/h1-14H/b13-8+. The Balaban J connectivity index is 1.88. The highest BCUT2D eigenvalue weighted by Gasteiger charge is 2.30. The molecule has 0 atom stereocenters. The minimum atomic E-state index is -4.43. The van der Waals surface area contributed by atoms with Crippen molar-refractivity contribution >= 4 is 34.7 Å². The monoisotopic (exact) mass is 426 g/mol. The third-order valence-corrected chi connectivity index (χ3v) is 4.78. The van der Waals surface area contributed by atoms with Gasteiger partial charge in [-0.05, 0) is 60.2 Å². The fourth-order valence-corrected chi connectivity index (χ4v) is 3.22. The summed E-state index contributed by atoms with van der Waals surface area (Å²) >= 11 is 5.96. The maximum Gasteiger partial charge on any atom is 0.416 e. The normalized spacial score (nSPS) is 12.0. The van der Waals surface area contributed by atoms with E-state index in [-0.39, 0.29) is 5.56 Å². The van der Waals surface area contributed by atoms with E-state index < -0.39 is 11.7 Å². The number of halogens is 4. The van der Waals surface area contributed by atoms with Crippen molar-refractivity contribution in [2.45, 2.75) is 6.18 Å². The summed E-state index contributed by atoms with van der Waals surface area (Å²) in [6.07, 6.45) is -1.41. The van der Waals surface area contributed by atoms with Crippen LogP contribution in [0, 0.1) is 0 Å². The molecule has 0 spiro atoms. The van der Waals surface area contributed by atoms with E-state index >= 15 is 0 Å². The lowest BCUT2D eigenvalue weighted by Crippen LogP contribution is -2.22. The van der Waals surface area contributed by atoms with Gasteiger partial charge < -0.3 is 0 Å². The van der Waals surface area contributed by atoms with E-state index in [0.29, 0.717) is 33.0 Å². The number of nitrogens with zero attached hydrogens (tertiary/aromatic N) is 2. The Kier molecular flexibility index (Phi) is 5.18. The smallest absolute Gasteiger partial charge is 0.268 e. The van der Waals surface area contributed by atoms with Gasteiger partial charge in [0.1, 0.15) is 5.82 Å². The quantitative estimate of drug-likeness (QED) is 0.389. The largest absolute Gasteiger partial charge is 0.416 e. The van der Waals surface area contributed by atoms with Gasteiger partial charge in [0.15, 0.2) is 0 Å². The third-order valence-electron chi connectivity index (χ3n) is 4.53. The summed E-state index contributed by atoms with van der Waals surface area (Å²) in [6.45, 7) is 0. The van der Waals surface area contributed by atoms with Crippen LogP contribution in [0.1, 0.15) is 17.0 Å². The second-order valence-corrected chi connectivity index (χ2v) is 7.00. The summed E-state index contributed by atoms with van der Waals surface area (Å²) in [4.78, 5) is 17.7. The Bertz CT molecular complexity index is 1310. The van der Waals surface area contributed by atoms with E-state index in [1.165, 1.54) is 22.8 Å². The number of alkyl halides is 3. The third kappa shape index (κ3) is 4.00. The number of hydrogen-bond donors (Lipinski definition) is 0. The fraction of sp³-hybridized carbons (Fsp3) is 0.0435. The highest BCUT2D eigenvalue weighted by Crippen LogP contribution is 2.30. The molecular weight excluding hydrogens is 413 g/mol. The van der Waals surface area contributed by atoms with Crippen LogP contribution in [0.2, 0.25) is 5.02 Å². The molecule has 30 heavy (non-hydrogen) atoms. The lowest BCUT2D eigenvalue weighted by molar-refractivity contribution is -0.137. The molecule has 4 aromatic rings. The molecule has 0 aliphatic carbocycles. The zero-order valence-electron chi connectivity index (χ0n) is 15.4. The van der Waals surface area contributed by atoms with Crippen molar-refractivity contribution in [3.63, 3.8) is 0 Å². The van der Waals surface area contributed by atoms with Gasteiger partial charge in [-0.25, -0.2) is 4.98 Å². The van der Waals surface area contributed by atoms with Crippen LogP contribution < -0.4 is 5.56 Å². The second-order valence-electron chi connectivity index (χ2n) is 6.56. The Labute approximate surface area is 174 Å². The topological polar surface area (TPSA) is 34.9 Å². The van der Waals surface area contributed by atoms with Crippen LogP contribution in [-0.4, -0.2) is 9.55 Å². The molecular formula is C23H14ClF3N2O. The number of aromatic nitrogens is 2. The molecule has 0 saturated heterocycles. The summed E-state index contributed by atoms with van der Waals surface area (Å²) in [5.41, 5.74) is 0.357. The van der Waals surface area contributed by atoms with E-state index in [1.54, 1.807) is 54.6 Å². The maximum absolute atomic E-state index is 13.1. The van der Waals surface area contributed by atoms with Gasteiger partial charge in [-0.2, -0.15) is 13.2 Å². The van der Waals surface area contributed by atoms with Gasteiger partial charge in [-0.15, -0.1) is 0 Å². The zero-order chi connectivity index (χ0) is 21.3. The van der Waals surface area contributed by atoms with Gasteiger partial charge in [0.25, 0.3) is 5.56 Å². The van der Waals surface area contributed by atoms with Crippen LogP contribution in [0.5, 0.6) is 0 Å². The highest BCUT2D eigenvalue weighted by molar-refractivity contribution is 6.30. The SMILES string of the molecule is O=c1c2ccccc2nc(/C=C/c2cccc(C(F)(F)F)c2)n1-c1ccc(Cl)cc1. The Morgan fingerprint density at radius 3 is 2.37 bits per heavy atom. The molecule has 0 aliphatic heterocycles. The summed E-state index contributed by atoms with van der Waals surface area (Å²) < 4.78 is 40.4. The summed E-state index contributed by atoms with van der Waals surface area (Å²) in [5.74, 6) is 0.290. The van der Waals surface area contributed by atoms with Crippen LogP contribution in [-0.2, 0) is 6.18 Å². The predicted molar refractivity (Wildman–Crippen MR) is 113 cm³/mol. The molecule has 3 aromatic carbocycles. The Morgan fingerprint density at radius 1 is 0.900 bits per heavy atom. The van der Waals surface area contributed by atoms with Crippen LogP contribution in [0.15, 0.2) is 77.6 Å². The van der Waals surface area contributed by atoms with Gasteiger partial charge >= 0.3 is 6.18 Å². The van der Waals surface area contributed by atoms with E-state index in [0.717, 1.165) is 12.1 Å². The lowest BCUT2D eigenvalue weighted by atomic mass is 10.1. The van der Waals surface area contributed by atoms with Crippen LogP contribution in [0.4, 0.5) is 13.2 Å². The van der Waals surface area contributed by atoms with E-state index in [2.05, 4.69) is 4.98 Å². The summed E-state index contributed by atoms with van der Waals surface area (Å²) in [7, 11) is 0. The number of hydrogen-bond acceptors (Lipinski definition) is 2. The van der Waals surface area contributed by atoms with E-state index in [9.17, 15) is 18.0 Å². The van der Waals surface area contributed by atoms with Crippen molar-refractivity contribution in [3.8, 4) is 5.69 Å². The van der Waals surface area contributed by atoms with Crippen molar-refractivity contribution < 1.29 is 13.2 Å². The van der Waals surface area contributed by atoms with Crippen LogP contribution in [0.25, 0.3) is 28.7 Å². The van der Waals surface area contributed by atoms with Gasteiger partial charge in [-0.1, -0.05) is 41.9 Å². The van der Waals surface area contributed by atoms with Crippen LogP contribution in [0.3, 0.4) is 0 Å². The molecule has 1 aromatic heterocycles. The Hall–Kier alpha value is -3.38. The first-order chi connectivity index (χ1) is 14.3. The van der Waals surface area contributed by atoms with Gasteiger partial charge in [0, 0.05) is 5.02 Å². The van der Waals surface area contributed by atoms with Crippen molar-refractivity contribution in [2.75, 3.05) is 0 Å². The van der Waals surface area contributed by atoms with Gasteiger partial charge in [0.2, 0.25) is 0 Å². The average Bonchev–Trinajstić information content (AvgIpc) is 2.73. The number of rotatable bonds is 3. The average molecular weight is 427 g/mol. The molecule has 150 valence electrons. The maximum atomic E-state index is 13.1. The first kappa shape index (κ1) is 19.9. The van der Waals surface area contributed by atoms with Gasteiger partial charge in [-0.3, -0.25) is 9.36 Å². The molecule has 0 aliphatic rings. The first-order valence-corrected chi connectivity index (χ1v) is 9.34. The first-order valence-electron chi connectivity index (χ1n) is 8.96. The van der Waals surface area contributed by atoms with E-state index in [1.807, 2.05) is 0 Å². The molecule has 0 fully saturated rings. The minimum absolute atomic E-state index is 0.286. The van der Waals surface area contributed by atoms with Crippen LogP contribution >= 0.6 is 11.6 Å². The molecule has 0 radical (unpaired) electrons. The second kappa shape index (κ2) is 7.80. The van der Waals surface area contributed by atoms with Crippen molar-refractivity contribution in [1.29, 1.82) is 0 Å². The molecule has 3 nitrogen and oxygen atoms in total. The van der Waals surface area contributed by atoms with Crippen molar-refractivity contribution in [1.82, 2.24) is 9.55 Å².